The first kappa shape index (κ1) is 31.8. The molecule has 3 rings (SSSR count). The van der Waals surface area contributed by atoms with Crippen molar-refractivity contribution in [2.24, 2.45) is 0 Å². The molecule has 0 saturated carbocycles. The first-order valence-corrected chi connectivity index (χ1v) is 14.6. The minimum atomic E-state index is -0.642. The van der Waals surface area contributed by atoms with Gasteiger partial charge in [-0.25, -0.2) is 4.79 Å². The summed E-state index contributed by atoms with van der Waals surface area (Å²) in [6, 6.07) is 17.9. The standard InChI is InChI=1S/C31H35Cl3N2O4/c1-36(2)24-11-9-22(10-12-24)19-29(37)35-17-7-5-3-4-6-8-18-39-25-13-15-26(16-14-25)40-31(38)27-20-23(32)21-28(33)30(27)34/h9-16,20-21H,3-8,17-19H2,1-2H3,(H,35,37)/p+1. The van der Waals surface area contributed by atoms with E-state index >= 15 is 0 Å². The Hall–Kier alpha value is -2.77. The van der Waals surface area contributed by atoms with E-state index in [1.54, 1.807) is 24.3 Å². The second kappa shape index (κ2) is 16.5. The average Bonchev–Trinajstić information content (AvgIpc) is 2.92. The number of quaternary nitrogens is 1. The second-order valence-electron chi connectivity index (χ2n) is 9.80. The lowest BCUT2D eigenvalue weighted by Crippen LogP contribution is -3.00. The third kappa shape index (κ3) is 10.7. The van der Waals surface area contributed by atoms with Crippen LogP contribution in [0, 0.1) is 0 Å². The van der Waals surface area contributed by atoms with Gasteiger partial charge in [0, 0.05) is 11.6 Å². The fourth-order valence-corrected chi connectivity index (χ4v) is 4.71. The molecule has 214 valence electrons. The van der Waals surface area contributed by atoms with Gasteiger partial charge in [0.15, 0.2) is 0 Å². The number of amides is 1. The molecule has 0 bridgehead atoms. The maximum atomic E-state index is 12.4. The Kier molecular flexibility index (Phi) is 13.1. The van der Waals surface area contributed by atoms with Crippen molar-refractivity contribution in [2.45, 2.75) is 44.9 Å². The molecule has 1 amide bonds. The Morgan fingerprint density at radius 3 is 2.10 bits per heavy atom. The van der Waals surface area contributed by atoms with Gasteiger partial charge in [-0.3, -0.25) is 4.79 Å². The first-order valence-electron chi connectivity index (χ1n) is 13.5. The summed E-state index contributed by atoms with van der Waals surface area (Å²) >= 11 is 18.0. The van der Waals surface area contributed by atoms with Crippen LogP contribution in [0.1, 0.15) is 54.4 Å². The Morgan fingerprint density at radius 1 is 0.800 bits per heavy atom. The summed E-state index contributed by atoms with van der Waals surface area (Å²) in [6.07, 6.45) is 6.79. The molecule has 0 aliphatic heterocycles. The number of unbranched alkanes of at least 4 members (excludes halogenated alkanes) is 5. The van der Waals surface area contributed by atoms with E-state index in [4.69, 9.17) is 44.3 Å². The van der Waals surface area contributed by atoms with Crippen molar-refractivity contribution in [3.63, 3.8) is 0 Å². The maximum absolute atomic E-state index is 12.4. The van der Waals surface area contributed by atoms with E-state index in [0.29, 0.717) is 36.1 Å². The minimum absolute atomic E-state index is 0.0729. The van der Waals surface area contributed by atoms with Crippen molar-refractivity contribution >= 4 is 52.4 Å². The highest BCUT2D eigenvalue weighted by molar-refractivity contribution is 6.45. The molecule has 0 saturated heterocycles. The Bertz CT molecular complexity index is 1250. The lowest BCUT2D eigenvalue weighted by atomic mass is 10.1. The van der Waals surface area contributed by atoms with Crippen LogP contribution in [-0.2, 0) is 11.2 Å². The van der Waals surface area contributed by atoms with Gasteiger partial charge < -0.3 is 19.7 Å². The number of carbonyl (C=O) groups excluding carboxylic acids is 2. The molecule has 0 heterocycles. The van der Waals surface area contributed by atoms with Gasteiger partial charge in [0.25, 0.3) is 0 Å². The van der Waals surface area contributed by atoms with Gasteiger partial charge in [0.1, 0.15) is 17.2 Å². The van der Waals surface area contributed by atoms with Crippen molar-refractivity contribution in [3.8, 4) is 11.5 Å². The Morgan fingerprint density at radius 2 is 1.43 bits per heavy atom. The van der Waals surface area contributed by atoms with Gasteiger partial charge in [-0.2, -0.15) is 0 Å². The number of esters is 1. The summed E-state index contributed by atoms with van der Waals surface area (Å²) in [5.41, 5.74) is 2.35. The van der Waals surface area contributed by atoms with E-state index in [0.717, 1.165) is 44.1 Å². The number of benzene rings is 3. The molecule has 0 unspecified atom stereocenters. The predicted molar refractivity (Wildman–Crippen MR) is 162 cm³/mol. The largest absolute Gasteiger partial charge is 0.494 e. The average molecular weight is 607 g/mol. The lowest BCUT2D eigenvalue weighted by Gasteiger charge is -2.09. The summed E-state index contributed by atoms with van der Waals surface area (Å²) < 4.78 is 11.2. The summed E-state index contributed by atoms with van der Waals surface area (Å²) in [7, 11) is 4.16. The number of carbonyl (C=O) groups is 2. The highest BCUT2D eigenvalue weighted by Crippen LogP contribution is 2.31. The molecule has 0 fully saturated rings. The zero-order chi connectivity index (χ0) is 28.9. The van der Waals surface area contributed by atoms with E-state index in [1.165, 1.54) is 22.7 Å². The highest BCUT2D eigenvalue weighted by Gasteiger charge is 2.17. The smallest absolute Gasteiger partial charge is 0.345 e. The van der Waals surface area contributed by atoms with E-state index in [1.807, 2.05) is 12.1 Å². The Labute approximate surface area is 251 Å². The molecular formula is C31H36Cl3N2O4+. The van der Waals surface area contributed by atoms with Crippen molar-refractivity contribution in [1.29, 1.82) is 0 Å². The van der Waals surface area contributed by atoms with E-state index in [-0.39, 0.29) is 21.5 Å². The Balaban J connectivity index is 1.22. The first-order chi connectivity index (χ1) is 19.2. The van der Waals surface area contributed by atoms with Gasteiger partial charge in [-0.1, -0.05) is 72.6 Å². The summed E-state index contributed by atoms with van der Waals surface area (Å²) in [5, 5.41) is 3.60. The summed E-state index contributed by atoms with van der Waals surface area (Å²) in [5.74, 6) is 0.496. The van der Waals surface area contributed by atoms with Crippen LogP contribution in [0.3, 0.4) is 0 Å². The number of halogens is 3. The van der Waals surface area contributed by atoms with Crippen LogP contribution in [0.4, 0.5) is 5.69 Å². The van der Waals surface area contributed by atoms with Crippen molar-refractivity contribution < 1.29 is 24.0 Å². The molecule has 0 aliphatic carbocycles. The molecule has 40 heavy (non-hydrogen) atoms. The molecule has 3 aromatic carbocycles. The molecule has 0 aromatic heterocycles. The number of ether oxygens (including phenoxy) is 2. The molecule has 3 aromatic rings. The molecule has 0 radical (unpaired) electrons. The normalized spacial score (nSPS) is 10.9. The van der Waals surface area contributed by atoms with Gasteiger partial charge in [-0.05, 0) is 66.9 Å². The maximum Gasteiger partial charge on any atom is 0.345 e. The fourth-order valence-electron chi connectivity index (χ4n) is 4.03. The van der Waals surface area contributed by atoms with Crippen LogP contribution in [0.15, 0.2) is 60.7 Å². The minimum Gasteiger partial charge on any atom is -0.494 e. The van der Waals surface area contributed by atoms with Crippen LogP contribution in [0.25, 0.3) is 0 Å². The quantitative estimate of drug-likeness (QED) is 0.0872. The van der Waals surface area contributed by atoms with Gasteiger partial charge in [-0.15, -0.1) is 0 Å². The molecule has 0 spiro atoms. The summed E-state index contributed by atoms with van der Waals surface area (Å²) in [4.78, 5) is 25.8. The number of nitrogens with one attached hydrogen (secondary N) is 2. The number of rotatable bonds is 15. The molecule has 2 N–H and O–H groups in total. The van der Waals surface area contributed by atoms with Crippen molar-refractivity contribution in [1.82, 2.24) is 5.32 Å². The predicted octanol–water partition coefficient (Wildman–Crippen LogP) is 6.72. The fraction of sp³-hybridized carbons (Fsp3) is 0.355. The van der Waals surface area contributed by atoms with Crippen molar-refractivity contribution in [2.75, 3.05) is 27.2 Å². The zero-order valence-corrected chi connectivity index (χ0v) is 25.2. The third-order valence-corrected chi connectivity index (χ3v) is 7.33. The van der Waals surface area contributed by atoms with Crippen LogP contribution in [-0.4, -0.2) is 39.1 Å². The van der Waals surface area contributed by atoms with E-state index < -0.39 is 5.97 Å². The van der Waals surface area contributed by atoms with Crippen LogP contribution in [0.5, 0.6) is 11.5 Å². The van der Waals surface area contributed by atoms with Gasteiger partial charge >= 0.3 is 5.97 Å². The second-order valence-corrected chi connectivity index (χ2v) is 11.0. The monoisotopic (exact) mass is 605 g/mol. The van der Waals surface area contributed by atoms with Crippen LogP contribution >= 0.6 is 34.8 Å². The topological polar surface area (TPSA) is 69.1 Å². The van der Waals surface area contributed by atoms with E-state index in [9.17, 15) is 9.59 Å². The van der Waals surface area contributed by atoms with E-state index in [2.05, 4.69) is 31.5 Å². The van der Waals surface area contributed by atoms with Gasteiger partial charge in [0.05, 0.1) is 42.7 Å². The lowest BCUT2D eigenvalue weighted by molar-refractivity contribution is -0.786. The van der Waals surface area contributed by atoms with Gasteiger partial charge in [0.2, 0.25) is 5.91 Å². The van der Waals surface area contributed by atoms with Crippen LogP contribution < -0.4 is 19.7 Å². The summed E-state index contributed by atoms with van der Waals surface area (Å²) in [6.45, 7) is 1.33. The molecular weight excluding hydrogens is 571 g/mol. The highest BCUT2D eigenvalue weighted by atomic mass is 35.5. The molecule has 0 aliphatic rings. The number of hydrogen-bond acceptors (Lipinski definition) is 4. The molecule has 0 atom stereocenters. The van der Waals surface area contributed by atoms with Crippen LogP contribution in [0.2, 0.25) is 15.1 Å². The third-order valence-electron chi connectivity index (χ3n) is 6.31. The number of hydrogen-bond donors (Lipinski definition) is 2. The zero-order valence-electron chi connectivity index (χ0n) is 22.9. The SMILES string of the molecule is C[NH+](C)c1ccc(CC(=O)NCCCCCCCCOc2ccc(OC(=O)c3cc(Cl)cc(Cl)c3Cl)cc2)cc1. The molecule has 6 nitrogen and oxygen atoms in total. The molecule has 9 heteroatoms. The van der Waals surface area contributed by atoms with Crippen molar-refractivity contribution in [3.05, 3.63) is 86.9 Å².